The van der Waals surface area contributed by atoms with Crippen LogP contribution < -0.4 is 0 Å². The van der Waals surface area contributed by atoms with E-state index >= 15 is 0 Å². The van der Waals surface area contributed by atoms with Gasteiger partial charge in [0.25, 0.3) is 10.1 Å². The molecule has 9 nitrogen and oxygen atoms in total. The third-order valence-electron chi connectivity index (χ3n) is 5.46. The van der Waals surface area contributed by atoms with Gasteiger partial charge in [0, 0.05) is 0 Å². The second-order valence-corrected chi connectivity index (χ2v) is 10.3. The Kier molecular flexibility index (Phi) is 7.09. The molecule has 0 radical (unpaired) electrons. The van der Waals surface area contributed by atoms with E-state index in [2.05, 4.69) is 0 Å². The van der Waals surface area contributed by atoms with Crippen molar-refractivity contribution < 1.29 is 41.1 Å². The zero-order valence-corrected chi connectivity index (χ0v) is 20.0. The topological polar surface area (TPSA) is 107 Å². The Morgan fingerprint density at radius 2 is 1.68 bits per heavy atom. The average Bonchev–Trinajstić information content (AvgIpc) is 3.11. The Hall–Kier alpha value is -2.34. The fourth-order valence-corrected chi connectivity index (χ4v) is 4.60. The van der Waals surface area contributed by atoms with Crippen LogP contribution in [-0.4, -0.2) is 63.7 Å². The number of ether oxygens (including phenoxy) is 5. The summed E-state index contributed by atoms with van der Waals surface area (Å²) in [7, 11) is -3.87. The van der Waals surface area contributed by atoms with E-state index in [1.54, 1.807) is 44.2 Å². The molecule has 184 valence electrons. The van der Waals surface area contributed by atoms with E-state index in [-0.39, 0.29) is 19.8 Å². The van der Waals surface area contributed by atoms with Crippen molar-refractivity contribution in [2.45, 2.75) is 50.3 Å². The maximum atomic E-state index is 13.0. The minimum atomic E-state index is -3.87. The Balaban J connectivity index is 1.68. The van der Waals surface area contributed by atoms with Crippen molar-refractivity contribution in [3.05, 3.63) is 71.8 Å². The Morgan fingerprint density at radius 3 is 2.26 bits per heavy atom. The molecular formula is C24H28O9S. The molecule has 2 aliphatic heterocycles. The lowest BCUT2D eigenvalue weighted by Gasteiger charge is -2.45. The molecule has 0 bridgehead atoms. The van der Waals surface area contributed by atoms with E-state index in [0.29, 0.717) is 5.56 Å². The molecule has 0 amide bonds. The van der Waals surface area contributed by atoms with Crippen molar-refractivity contribution in [1.29, 1.82) is 0 Å². The smallest absolute Gasteiger partial charge is 0.338 e. The van der Waals surface area contributed by atoms with Gasteiger partial charge in [0.05, 0.1) is 25.0 Å². The zero-order chi connectivity index (χ0) is 24.4. The van der Waals surface area contributed by atoms with Gasteiger partial charge in [0.1, 0.15) is 18.8 Å². The predicted octanol–water partition coefficient (Wildman–Crippen LogP) is 2.65. The van der Waals surface area contributed by atoms with E-state index in [1.807, 2.05) is 30.3 Å². The van der Waals surface area contributed by atoms with Gasteiger partial charge in [-0.15, -0.1) is 0 Å². The molecule has 0 saturated carbocycles. The number of hydrogen-bond acceptors (Lipinski definition) is 9. The van der Waals surface area contributed by atoms with Crippen molar-refractivity contribution in [3.63, 3.8) is 0 Å². The summed E-state index contributed by atoms with van der Waals surface area (Å²) in [6.45, 7) is 3.31. The SMILES string of the molecule is CC1(C)OC[C@]2(OC[C@@H](OS(C)(=O)=O)[C@@H](OCc3ccccc3)[C@@H]2OC(=O)c2ccccc2)O1. The van der Waals surface area contributed by atoms with Gasteiger partial charge in [0.2, 0.25) is 5.79 Å². The minimum Gasteiger partial charge on any atom is -0.450 e. The van der Waals surface area contributed by atoms with Crippen molar-refractivity contribution in [2.24, 2.45) is 0 Å². The monoisotopic (exact) mass is 492 g/mol. The van der Waals surface area contributed by atoms with Crippen LogP contribution in [-0.2, 0) is 44.6 Å². The molecule has 4 atom stereocenters. The van der Waals surface area contributed by atoms with Crippen LogP contribution in [0.5, 0.6) is 0 Å². The second kappa shape index (κ2) is 9.73. The number of benzene rings is 2. The third-order valence-corrected chi connectivity index (χ3v) is 6.05. The summed E-state index contributed by atoms with van der Waals surface area (Å²) in [6.07, 6.45) is -2.36. The highest BCUT2D eigenvalue weighted by atomic mass is 32.2. The first-order chi connectivity index (χ1) is 16.1. The van der Waals surface area contributed by atoms with E-state index < -0.39 is 46.0 Å². The zero-order valence-electron chi connectivity index (χ0n) is 19.2. The van der Waals surface area contributed by atoms with Gasteiger partial charge in [-0.1, -0.05) is 48.5 Å². The van der Waals surface area contributed by atoms with E-state index in [1.165, 1.54) is 0 Å². The van der Waals surface area contributed by atoms with Gasteiger partial charge >= 0.3 is 5.97 Å². The normalized spacial score (nSPS) is 28.6. The van der Waals surface area contributed by atoms with Crippen molar-refractivity contribution >= 4 is 16.1 Å². The van der Waals surface area contributed by atoms with E-state index in [4.69, 9.17) is 27.9 Å². The first-order valence-corrected chi connectivity index (χ1v) is 12.7. The van der Waals surface area contributed by atoms with Crippen LogP contribution in [0.4, 0.5) is 0 Å². The fourth-order valence-electron chi connectivity index (χ4n) is 3.99. The summed E-state index contributed by atoms with van der Waals surface area (Å²) in [6, 6.07) is 17.7. The van der Waals surface area contributed by atoms with Crippen LogP contribution >= 0.6 is 0 Å². The second-order valence-electron chi connectivity index (χ2n) is 8.71. The molecule has 0 N–H and O–H groups in total. The maximum absolute atomic E-state index is 13.0. The lowest BCUT2D eigenvalue weighted by Crippen LogP contribution is -2.65. The molecule has 4 rings (SSSR count). The maximum Gasteiger partial charge on any atom is 0.338 e. The molecule has 2 fully saturated rings. The Labute approximate surface area is 199 Å². The van der Waals surface area contributed by atoms with Crippen LogP contribution in [0.25, 0.3) is 0 Å². The van der Waals surface area contributed by atoms with Crippen LogP contribution in [0.15, 0.2) is 60.7 Å². The summed E-state index contributed by atoms with van der Waals surface area (Å²) in [5.41, 5.74) is 1.15. The van der Waals surface area contributed by atoms with Gasteiger partial charge in [0.15, 0.2) is 11.9 Å². The largest absolute Gasteiger partial charge is 0.450 e. The number of carbonyl (C=O) groups is 1. The van der Waals surface area contributed by atoms with Gasteiger partial charge < -0.3 is 23.7 Å². The summed E-state index contributed by atoms with van der Waals surface area (Å²) < 4.78 is 59.1. The number of esters is 1. The van der Waals surface area contributed by atoms with Gasteiger partial charge in [-0.05, 0) is 31.5 Å². The standard InChI is InChI=1S/C24H28O9S/c1-23(2)30-16-24(33-23)21(31-22(25)18-12-8-5-9-13-18)20(19(15-29-24)32-34(3,26)27)28-14-17-10-6-4-7-11-17/h4-13,19-21H,14-16H2,1-3H3/t19-,20-,21+,24+/m1/s1. The molecule has 2 aromatic rings. The van der Waals surface area contributed by atoms with Crippen LogP contribution in [0.3, 0.4) is 0 Å². The molecule has 2 saturated heterocycles. The third kappa shape index (κ3) is 5.83. The molecule has 10 heteroatoms. The van der Waals surface area contributed by atoms with Gasteiger partial charge in [-0.25, -0.2) is 4.79 Å². The molecule has 2 heterocycles. The van der Waals surface area contributed by atoms with E-state index in [0.717, 1.165) is 11.8 Å². The quantitative estimate of drug-likeness (QED) is 0.426. The van der Waals surface area contributed by atoms with Gasteiger partial charge in [-0.2, -0.15) is 8.42 Å². The minimum absolute atomic E-state index is 0.0521. The number of carbonyl (C=O) groups excluding carboxylic acids is 1. The summed E-state index contributed by atoms with van der Waals surface area (Å²) in [5.74, 6) is -3.17. The average molecular weight is 493 g/mol. The van der Waals surface area contributed by atoms with Crippen LogP contribution in [0.1, 0.15) is 29.8 Å². The van der Waals surface area contributed by atoms with Crippen molar-refractivity contribution in [1.82, 2.24) is 0 Å². The summed E-state index contributed by atoms with van der Waals surface area (Å²) in [4.78, 5) is 13.0. The molecule has 2 aromatic carbocycles. The van der Waals surface area contributed by atoms with Gasteiger partial charge in [-0.3, -0.25) is 4.18 Å². The van der Waals surface area contributed by atoms with Crippen LogP contribution in [0, 0.1) is 0 Å². The van der Waals surface area contributed by atoms with E-state index in [9.17, 15) is 13.2 Å². The highest BCUT2D eigenvalue weighted by Gasteiger charge is 2.61. The molecule has 34 heavy (non-hydrogen) atoms. The highest BCUT2D eigenvalue weighted by molar-refractivity contribution is 7.86. The lowest BCUT2D eigenvalue weighted by molar-refractivity contribution is -0.339. The van der Waals surface area contributed by atoms with Crippen molar-refractivity contribution in [2.75, 3.05) is 19.5 Å². The molecular weight excluding hydrogens is 464 g/mol. The highest BCUT2D eigenvalue weighted by Crippen LogP contribution is 2.42. The summed E-state index contributed by atoms with van der Waals surface area (Å²) >= 11 is 0. The molecule has 0 aromatic heterocycles. The Bertz CT molecular complexity index is 1090. The molecule has 0 aliphatic carbocycles. The Morgan fingerprint density at radius 1 is 1.03 bits per heavy atom. The number of hydrogen-bond donors (Lipinski definition) is 0. The first-order valence-electron chi connectivity index (χ1n) is 10.8. The molecule has 1 spiro atoms. The molecule has 2 aliphatic rings. The van der Waals surface area contributed by atoms with Crippen LogP contribution in [0.2, 0.25) is 0 Å². The summed E-state index contributed by atoms with van der Waals surface area (Å²) in [5, 5.41) is 0. The predicted molar refractivity (Wildman–Crippen MR) is 120 cm³/mol. The fraction of sp³-hybridized carbons (Fsp3) is 0.458. The molecule has 0 unspecified atom stereocenters. The lowest BCUT2D eigenvalue weighted by atomic mass is 9.96. The first kappa shape index (κ1) is 24.8. The van der Waals surface area contributed by atoms with Crippen molar-refractivity contribution in [3.8, 4) is 0 Å². The number of rotatable bonds is 7.